The third-order valence-corrected chi connectivity index (χ3v) is 5.17. The maximum Gasteiger partial charge on any atom is 0.274 e. The molecule has 0 saturated heterocycles. The van der Waals surface area contributed by atoms with E-state index in [0.717, 1.165) is 47.1 Å². The summed E-state index contributed by atoms with van der Waals surface area (Å²) in [4.78, 5) is 12.5. The van der Waals surface area contributed by atoms with Crippen molar-refractivity contribution in [3.8, 4) is 5.75 Å². The van der Waals surface area contributed by atoms with Gasteiger partial charge in [-0.25, -0.2) is 0 Å². The Bertz CT molecular complexity index is 839. The monoisotopic (exact) mass is 464 g/mol. The smallest absolute Gasteiger partial charge is 0.274 e. The van der Waals surface area contributed by atoms with Crippen molar-refractivity contribution in [2.24, 2.45) is 0 Å². The van der Waals surface area contributed by atoms with Crippen LogP contribution in [0.4, 0.5) is 0 Å². The van der Waals surface area contributed by atoms with Crippen LogP contribution in [-0.2, 0) is 23.6 Å². The summed E-state index contributed by atoms with van der Waals surface area (Å²) in [5, 5.41) is 17.1. The second kappa shape index (κ2) is 14.4. The summed E-state index contributed by atoms with van der Waals surface area (Å²) in [6.45, 7) is 2.84. The summed E-state index contributed by atoms with van der Waals surface area (Å²) in [6.07, 6.45) is 0.951. The van der Waals surface area contributed by atoms with Crippen LogP contribution in [0.1, 0.15) is 17.1 Å². The molecule has 2 aromatic rings. The van der Waals surface area contributed by atoms with Crippen LogP contribution in [0.25, 0.3) is 0 Å². The highest BCUT2D eigenvalue weighted by atomic mass is 32.2. The molecule has 176 valence electrons. The minimum atomic E-state index is -0.468. The first-order chi connectivity index (χ1) is 15.5. The quantitative estimate of drug-likeness (QED) is 0.220. The fourth-order valence-electron chi connectivity index (χ4n) is 2.73. The maximum atomic E-state index is 10.9. The van der Waals surface area contributed by atoms with E-state index in [9.17, 15) is 10.1 Å². The molecule has 0 unspecified atom stereocenters. The van der Waals surface area contributed by atoms with Crippen LogP contribution in [-0.4, -0.2) is 56.5 Å². The van der Waals surface area contributed by atoms with Crippen LogP contribution >= 0.6 is 11.8 Å². The Morgan fingerprint density at radius 2 is 1.91 bits per heavy atom. The van der Waals surface area contributed by atoms with Crippen molar-refractivity contribution in [3.05, 3.63) is 75.6 Å². The summed E-state index contributed by atoms with van der Waals surface area (Å²) < 4.78 is 16.3. The molecule has 0 amide bonds. The molecule has 0 bridgehead atoms. The van der Waals surface area contributed by atoms with Gasteiger partial charge in [-0.15, -0.1) is 0 Å². The molecule has 1 heterocycles. The Balaban J connectivity index is 1.71. The number of methoxy groups -OCH3 is 1. The van der Waals surface area contributed by atoms with E-state index in [1.54, 1.807) is 18.9 Å². The molecule has 32 heavy (non-hydrogen) atoms. The number of rotatable bonds is 16. The van der Waals surface area contributed by atoms with E-state index < -0.39 is 4.92 Å². The van der Waals surface area contributed by atoms with Crippen molar-refractivity contribution in [2.45, 2.75) is 18.8 Å². The molecule has 10 heteroatoms. The van der Waals surface area contributed by atoms with E-state index in [2.05, 4.69) is 15.5 Å². The SMILES string of the molecule is COCCOc1ccc(CNC(=C[N+](=O)[O-])NCCSCc2ccc(CN(C)C)o2)cc1. The fraction of sp³-hybridized carbons (Fsp3) is 0.455. The molecule has 0 saturated carbocycles. The van der Waals surface area contributed by atoms with Crippen molar-refractivity contribution in [1.82, 2.24) is 15.5 Å². The molecular weight excluding hydrogens is 432 g/mol. The lowest BCUT2D eigenvalue weighted by atomic mass is 10.2. The Hall–Kier alpha value is -2.69. The number of furan rings is 1. The zero-order valence-corrected chi connectivity index (χ0v) is 19.7. The number of nitrogens with zero attached hydrogens (tertiary/aromatic N) is 2. The number of ether oxygens (including phenoxy) is 2. The summed E-state index contributed by atoms with van der Waals surface area (Å²) >= 11 is 1.71. The van der Waals surface area contributed by atoms with Gasteiger partial charge in [0.1, 0.15) is 23.9 Å². The molecule has 2 N–H and O–H groups in total. The number of benzene rings is 1. The molecule has 0 aliphatic heterocycles. The number of nitro groups is 1. The van der Waals surface area contributed by atoms with E-state index in [0.29, 0.717) is 32.1 Å². The van der Waals surface area contributed by atoms with Crippen molar-refractivity contribution in [2.75, 3.05) is 46.7 Å². The van der Waals surface area contributed by atoms with E-state index in [1.165, 1.54) is 0 Å². The number of nitrogens with one attached hydrogen (secondary N) is 2. The molecule has 0 radical (unpaired) electrons. The molecule has 2 rings (SSSR count). The van der Waals surface area contributed by atoms with Gasteiger partial charge >= 0.3 is 0 Å². The van der Waals surface area contributed by atoms with Gasteiger partial charge in [-0.3, -0.25) is 10.1 Å². The van der Waals surface area contributed by atoms with Gasteiger partial charge in [0.2, 0.25) is 0 Å². The molecule has 0 spiro atoms. The normalized spacial score (nSPS) is 11.6. The Kier molecular flexibility index (Phi) is 11.5. The van der Waals surface area contributed by atoms with Gasteiger partial charge in [-0.2, -0.15) is 11.8 Å². The van der Waals surface area contributed by atoms with Gasteiger partial charge in [0, 0.05) is 26.0 Å². The largest absolute Gasteiger partial charge is 0.491 e. The first kappa shape index (κ1) is 25.6. The summed E-state index contributed by atoms with van der Waals surface area (Å²) in [5.74, 6) is 4.55. The Morgan fingerprint density at radius 3 is 2.59 bits per heavy atom. The molecule has 1 aromatic heterocycles. The van der Waals surface area contributed by atoms with E-state index in [1.807, 2.05) is 50.5 Å². The lowest BCUT2D eigenvalue weighted by Gasteiger charge is -2.12. The highest BCUT2D eigenvalue weighted by Crippen LogP contribution is 2.16. The van der Waals surface area contributed by atoms with Crippen LogP contribution in [0.15, 0.2) is 52.8 Å². The summed E-state index contributed by atoms with van der Waals surface area (Å²) in [7, 11) is 5.63. The van der Waals surface area contributed by atoms with Gasteiger partial charge in [0.15, 0.2) is 5.82 Å². The van der Waals surface area contributed by atoms with Gasteiger partial charge in [0.25, 0.3) is 6.20 Å². The minimum absolute atomic E-state index is 0.377. The molecule has 0 aliphatic rings. The summed E-state index contributed by atoms with van der Waals surface area (Å²) in [5.41, 5.74) is 0.987. The maximum absolute atomic E-state index is 10.9. The highest BCUT2D eigenvalue weighted by molar-refractivity contribution is 7.98. The van der Waals surface area contributed by atoms with Crippen LogP contribution in [0, 0.1) is 10.1 Å². The van der Waals surface area contributed by atoms with Crippen molar-refractivity contribution in [3.63, 3.8) is 0 Å². The number of hydrogen-bond donors (Lipinski definition) is 2. The lowest BCUT2D eigenvalue weighted by Crippen LogP contribution is -2.28. The molecule has 0 atom stereocenters. The Labute approximate surface area is 193 Å². The van der Waals surface area contributed by atoms with E-state index in [4.69, 9.17) is 13.9 Å². The van der Waals surface area contributed by atoms with Crippen LogP contribution in [0.3, 0.4) is 0 Å². The van der Waals surface area contributed by atoms with Crippen LogP contribution in [0.2, 0.25) is 0 Å². The predicted octanol–water partition coefficient (Wildman–Crippen LogP) is 3.05. The topological polar surface area (TPSA) is 102 Å². The first-order valence-corrected chi connectivity index (χ1v) is 11.5. The van der Waals surface area contributed by atoms with Gasteiger partial charge in [0.05, 0.1) is 23.8 Å². The van der Waals surface area contributed by atoms with Gasteiger partial charge < -0.3 is 29.4 Å². The van der Waals surface area contributed by atoms with Gasteiger partial charge in [-0.1, -0.05) is 12.1 Å². The van der Waals surface area contributed by atoms with Crippen LogP contribution in [0.5, 0.6) is 5.75 Å². The van der Waals surface area contributed by atoms with E-state index >= 15 is 0 Å². The van der Waals surface area contributed by atoms with Crippen molar-refractivity contribution >= 4 is 11.8 Å². The van der Waals surface area contributed by atoms with Crippen molar-refractivity contribution in [1.29, 1.82) is 0 Å². The highest BCUT2D eigenvalue weighted by Gasteiger charge is 2.06. The second-order valence-corrected chi connectivity index (χ2v) is 8.36. The number of thioether (sulfide) groups is 1. The first-order valence-electron chi connectivity index (χ1n) is 10.3. The van der Waals surface area contributed by atoms with Gasteiger partial charge in [-0.05, 0) is 43.9 Å². The van der Waals surface area contributed by atoms with Crippen LogP contribution < -0.4 is 15.4 Å². The lowest BCUT2D eigenvalue weighted by molar-refractivity contribution is -0.404. The van der Waals surface area contributed by atoms with E-state index in [-0.39, 0.29) is 0 Å². The van der Waals surface area contributed by atoms with Crippen molar-refractivity contribution < 1.29 is 18.8 Å². The summed E-state index contributed by atoms with van der Waals surface area (Å²) in [6, 6.07) is 11.6. The Morgan fingerprint density at radius 1 is 1.16 bits per heavy atom. The molecular formula is C22H32N4O5S. The average molecular weight is 465 g/mol. The number of hydrogen-bond acceptors (Lipinski definition) is 9. The minimum Gasteiger partial charge on any atom is -0.491 e. The molecule has 0 aliphatic carbocycles. The third-order valence-electron chi connectivity index (χ3n) is 4.19. The fourth-order valence-corrected chi connectivity index (χ4v) is 3.48. The molecule has 1 aromatic carbocycles. The average Bonchev–Trinajstić information content (AvgIpc) is 3.18. The molecule has 9 nitrogen and oxygen atoms in total. The zero-order valence-electron chi connectivity index (χ0n) is 18.8. The zero-order chi connectivity index (χ0) is 23.2. The second-order valence-electron chi connectivity index (χ2n) is 7.25. The standard InChI is InChI=1S/C22H32N4O5S/c1-25(2)15-20-8-9-21(31-20)17-32-13-10-23-22(16-26(27)28)24-14-18-4-6-19(7-5-18)30-12-11-29-3/h4-9,16,23-24H,10-15,17H2,1-3H3. The third kappa shape index (κ3) is 10.6. The molecule has 0 fully saturated rings. The predicted molar refractivity (Wildman–Crippen MR) is 126 cm³/mol.